The number of nitrogens with one attached hydrogen (secondary N) is 1. The molecule has 0 spiro atoms. The highest BCUT2D eigenvalue weighted by molar-refractivity contribution is 7.14. The highest BCUT2D eigenvalue weighted by atomic mass is 32.1. The van der Waals surface area contributed by atoms with Crippen LogP contribution in [0.5, 0.6) is 5.75 Å². The molecule has 4 nitrogen and oxygen atoms in total. The van der Waals surface area contributed by atoms with Gasteiger partial charge in [0.1, 0.15) is 16.4 Å². The molecule has 0 saturated carbocycles. The molecule has 25 heavy (non-hydrogen) atoms. The molecule has 1 aliphatic heterocycles. The third kappa shape index (κ3) is 3.42. The average molecular weight is 350 g/mol. The molecule has 2 heterocycles. The Morgan fingerprint density at radius 2 is 1.96 bits per heavy atom. The first-order valence-electron chi connectivity index (χ1n) is 8.32. The van der Waals surface area contributed by atoms with Gasteiger partial charge in [-0.1, -0.05) is 48.5 Å². The Morgan fingerprint density at radius 1 is 1.16 bits per heavy atom. The summed E-state index contributed by atoms with van der Waals surface area (Å²) in [5.74, 6) is 1.11. The molecule has 1 atom stereocenters. The van der Waals surface area contributed by atoms with Crippen molar-refractivity contribution in [1.82, 2.24) is 4.98 Å². The van der Waals surface area contributed by atoms with Crippen LogP contribution in [0.3, 0.4) is 0 Å². The van der Waals surface area contributed by atoms with E-state index >= 15 is 0 Å². The average Bonchev–Trinajstić information content (AvgIpc) is 3.11. The van der Waals surface area contributed by atoms with Crippen molar-refractivity contribution in [2.24, 2.45) is 0 Å². The molecule has 1 amide bonds. The van der Waals surface area contributed by atoms with E-state index in [2.05, 4.69) is 16.4 Å². The molecule has 0 unspecified atom stereocenters. The molecule has 0 aliphatic carbocycles. The maximum atomic E-state index is 12.6. The van der Waals surface area contributed by atoms with Gasteiger partial charge in [0.15, 0.2) is 0 Å². The minimum absolute atomic E-state index is 0.0168. The van der Waals surface area contributed by atoms with E-state index in [9.17, 15) is 4.79 Å². The number of ether oxygens (including phenoxy) is 1. The number of carbonyl (C=O) groups excluding carboxylic acids is 1. The summed E-state index contributed by atoms with van der Waals surface area (Å²) in [7, 11) is 0. The fourth-order valence-electron chi connectivity index (χ4n) is 3.17. The standard InChI is InChI=1S/C20H18N2O2S/c23-18(12-15-10-11-24-17-9-5-4-8-16(15)17)22-20-19(21-13-25-20)14-6-2-1-3-7-14/h1-9,13,15H,10-12H2,(H,22,23)/t15-/m1/s1. The zero-order valence-corrected chi connectivity index (χ0v) is 14.5. The molecule has 1 aliphatic rings. The van der Waals surface area contributed by atoms with Crippen LogP contribution in [0.4, 0.5) is 5.00 Å². The fourth-order valence-corrected chi connectivity index (χ4v) is 3.88. The van der Waals surface area contributed by atoms with Gasteiger partial charge < -0.3 is 10.1 Å². The van der Waals surface area contributed by atoms with Crippen LogP contribution in [0.2, 0.25) is 0 Å². The van der Waals surface area contributed by atoms with Crippen LogP contribution in [0.1, 0.15) is 24.3 Å². The van der Waals surface area contributed by atoms with Crippen LogP contribution >= 0.6 is 11.3 Å². The minimum atomic E-state index is 0.0168. The zero-order chi connectivity index (χ0) is 17.1. The second-order valence-corrected chi connectivity index (χ2v) is 6.88. The van der Waals surface area contributed by atoms with Crippen molar-refractivity contribution in [3.63, 3.8) is 0 Å². The van der Waals surface area contributed by atoms with Gasteiger partial charge in [-0.25, -0.2) is 4.98 Å². The van der Waals surface area contributed by atoms with Crippen LogP contribution in [-0.4, -0.2) is 17.5 Å². The van der Waals surface area contributed by atoms with Crippen molar-refractivity contribution >= 4 is 22.2 Å². The number of anilines is 1. The number of aromatic nitrogens is 1. The zero-order valence-electron chi connectivity index (χ0n) is 13.6. The predicted octanol–water partition coefficient (Wildman–Crippen LogP) is 4.71. The molecule has 0 bridgehead atoms. The van der Waals surface area contributed by atoms with Crippen LogP contribution in [-0.2, 0) is 4.79 Å². The van der Waals surface area contributed by atoms with Gasteiger partial charge in [0.05, 0.1) is 12.1 Å². The molecular formula is C20H18N2O2S. The number of amides is 1. The molecule has 0 fully saturated rings. The lowest BCUT2D eigenvalue weighted by Gasteiger charge is -2.25. The SMILES string of the molecule is O=C(C[C@H]1CCOc2ccccc21)Nc1scnc1-c1ccccc1. The Kier molecular flexibility index (Phi) is 4.48. The summed E-state index contributed by atoms with van der Waals surface area (Å²) in [6.45, 7) is 0.658. The Morgan fingerprint density at radius 3 is 2.84 bits per heavy atom. The van der Waals surface area contributed by atoms with Gasteiger partial charge in [-0.3, -0.25) is 4.79 Å². The molecule has 4 rings (SSSR count). The molecule has 1 aromatic heterocycles. The first-order valence-corrected chi connectivity index (χ1v) is 9.19. The summed E-state index contributed by atoms with van der Waals surface area (Å²) in [6.07, 6.45) is 1.31. The smallest absolute Gasteiger partial charge is 0.225 e. The summed E-state index contributed by atoms with van der Waals surface area (Å²) < 4.78 is 5.68. The Hall–Kier alpha value is -2.66. The van der Waals surface area contributed by atoms with E-state index < -0.39 is 0 Å². The molecule has 1 N–H and O–H groups in total. The summed E-state index contributed by atoms with van der Waals surface area (Å²) in [5, 5.41) is 3.85. The van der Waals surface area contributed by atoms with Gasteiger partial charge in [0, 0.05) is 12.0 Å². The van der Waals surface area contributed by atoms with Crippen molar-refractivity contribution in [3.05, 3.63) is 65.7 Å². The Balaban J connectivity index is 1.49. The quantitative estimate of drug-likeness (QED) is 0.742. The second kappa shape index (κ2) is 7.07. The highest BCUT2D eigenvalue weighted by Gasteiger charge is 2.24. The highest BCUT2D eigenvalue weighted by Crippen LogP contribution is 2.36. The van der Waals surface area contributed by atoms with E-state index in [1.807, 2.05) is 48.5 Å². The molecule has 3 aromatic rings. The minimum Gasteiger partial charge on any atom is -0.493 e. The third-order valence-electron chi connectivity index (χ3n) is 4.38. The van der Waals surface area contributed by atoms with Crippen LogP contribution in [0, 0.1) is 0 Å². The van der Waals surface area contributed by atoms with E-state index in [4.69, 9.17) is 4.74 Å². The Labute approximate surface area is 150 Å². The van der Waals surface area contributed by atoms with Gasteiger partial charge in [0.2, 0.25) is 5.91 Å². The first kappa shape index (κ1) is 15.8. The van der Waals surface area contributed by atoms with Gasteiger partial charge in [-0.05, 0) is 24.0 Å². The summed E-state index contributed by atoms with van der Waals surface area (Å²) in [6, 6.07) is 17.9. The van der Waals surface area contributed by atoms with E-state index in [0.29, 0.717) is 13.0 Å². The fraction of sp³-hybridized carbons (Fsp3) is 0.200. The number of hydrogen-bond donors (Lipinski definition) is 1. The maximum absolute atomic E-state index is 12.6. The summed E-state index contributed by atoms with van der Waals surface area (Å²) in [5.41, 5.74) is 4.72. The predicted molar refractivity (Wildman–Crippen MR) is 100 cm³/mol. The third-order valence-corrected chi connectivity index (χ3v) is 5.12. The number of hydrogen-bond acceptors (Lipinski definition) is 4. The van der Waals surface area contributed by atoms with Gasteiger partial charge >= 0.3 is 0 Å². The number of thiazole rings is 1. The van der Waals surface area contributed by atoms with E-state index in [1.165, 1.54) is 11.3 Å². The number of rotatable bonds is 4. The van der Waals surface area contributed by atoms with Gasteiger partial charge in [-0.15, -0.1) is 11.3 Å². The largest absolute Gasteiger partial charge is 0.493 e. The van der Waals surface area contributed by atoms with Crippen molar-refractivity contribution < 1.29 is 9.53 Å². The van der Waals surface area contributed by atoms with E-state index in [-0.39, 0.29) is 11.8 Å². The van der Waals surface area contributed by atoms with Gasteiger partial charge in [0.25, 0.3) is 0 Å². The molecule has 126 valence electrons. The number of nitrogens with zero attached hydrogens (tertiary/aromatic N) is 1. The molecule has 0 saturated heterocycles. The molecule has 2 aromatic carbocycles. The monoisotopic (exact) mass is 350 g/mol. The van der Waals surface area contributed by atoms with Crippen LogP contribution in [0.15, 0.2) is 60.1 Å². The lowest BCUT2D eigenvalue weighted by Crippen LogP contribution is -2.20. The van der Waals surface area contributed by atoms with Crippen molar-refractivity contribution in [3.8, 4) is 17.0 Å². The molecule has 5 heteroatoms. The van der Waals surface area contributed by atoms with Crippen molar-refractivity contribution in [1.29, 1.82) is 0 Å². The second-order valence-electron chi connectivity index (χ2n) is 6.02. The molecular weight excluding hydrogens is 332 g/mol. The maximum Gasteiger partial charge on any atom is 0.225 e. The normalized spacial score (nSPS) is 15.9. The van der Waals surface area contributed by atoms with Crippen molar-refractivity contribution in [2.45, 2.75) is 18.8 Å². The Bertz CT molecular complexity index is 876. The van der Waals surface area contributed by atoms with Crippen LogP contribution in [0.25, 0.3) is 11.3 Å². The number of para-hydroxylation sites is 1. The van der Waals surface area contributed by atoms with E-state index in [1.54, 1.807) is 5.51 Å². The number of fused-ring (bicyclic) bond motifs is 1. The van der Waals surface area contributed by atoms with Gasteiger partial charge in [-0.2, -0.15) is 0 Å². The number of benzene rings is 2. The first-order chi connectivity index (χ1) is 12.3. The summed E-state index contributed by atoms with van der Waals surface area (Å²) >= 11 is 1.45. The van der Waals surface area contributed by atoms with Crippen molar-refractivity contribution in [2.75, 3.05) is 11.9 Å². The summed E-state index contributed by atoms with van der Waals surface area (Å²) in [4.78, 5) is 17.0. The molecule has 0 radical (unpaired) electrons. The number of carbonyl (C=O) groups is 1. The lowest BCUT2D eigenvalue weighted by molar-refractivity contribution is -0.116. The topological polar surface area (TPSA) is 51.2 Å². The van der Waals surface area contributed by atoms with Crippen LogP contribution < -0.4 is 10.1 Å². The lowest BCUT2D eigenvalue weighted by atomic mass is 9.90. The van der Waals surface area contributed by atoms with E-state index in [0.717, 1.165) is 34.0 Å².